The van der Waals surface area contributed by atoms with Gasteiger partial charge in [-0.05, 0) is 37.1 Å². The molecule has 2 rings (SSSR count). The molecule has 0 amide bonds. The summed E-state index contributed by atoms with van der Waals surface area (Å²) < 4.78 is 26.8. The van der Waals surface area contributed by atoms with Crippen molar-refractivity contribution in [1.29, 1.82) is 0 Å². The fraction of sp³-hybridized carbons (Fsp3) is 0.571. The highest BCUT2D eigenvalue weighted by atomic mass is 32.2. The summed E-state index contributed by atoms with van der Waals surface area (Å²) in [6.07, 6.45) is -1.95. The number of thioether (sulfide) groups is 1. The van der Waals surface area contributed by atoms with E-state index in [1.54, 1.807) is 30.8 Å². The Balaban J connectivity index is 2.38. The molecule has 0 saturated carbocycles. The molecule has 0 aromatic heterocycles. The van der Waals surface area contributed by atoms with Gasteiger partial charge in [0, 0.05) is 16.7 Å². The molecule has 0 aliphatic carbocycles. The summed E-state index contributed by atoms with van der Waals surface area (Å²) in [5.41, 5.74) is -0.777. The number of hydrogen-bond acceptors (Lipinski definition) is 3. The van der Waals surface area contributed by atoms with E-state index in [1.165, 1.54) is 0 Å². The van der Waals surface area contributed by atoms with E-state index in [0.29, 0.717) is 12.1 Å². The van der Waals surface area contributed by atoms with Gasteiger partial charge in [0.1, 0.15) is 0 Å². The number of likely N-dealkylation sites (N-methyl/N-ethyl adjacent to an activating group) is 1. The lowest BCUT2D eigenvalue weighted by molar-refractivity contribution is -0.121. The lowest BCUT2D eigenvalue weighted by Gasteiger charge is -2.34. The van der Waals surface area contributed by atoms with Gasteiger partial charge >= 0.3 is 0 Å². The molecule has 1 aromatic rings. The van der Waals surface area contributed by atoms with Crippen LogP contribution < -0.4 is 5.32 Å². The van der Waals surface area contributed by atoms with Gasteiger partial charge < -0.3 is 10.4 Å². The van der Waals surface area contributed by atoms with Gasteiger partial charge in [-0.3, -0.25) is 0 Å². The number of fused-ring (bicyclic) bond motifs is 1. The largest absolute Gasteiger partial charge is 0.378 e. The van der Waals surface area contributed by atoms with Crippen LogP contribution in [-0.2, 0) is 12.0 Å². The SMILES string of the molecule is CCNC(C)C(O)(c1ccc2c(c1)CCS2)C(F)F. The van der Waals surface area contributed by atoms with E-state index in [0.717, 1.165) is 22.6 Å². The third kappa shape index (κ3) is 2.64. The van der Waals surface area contributed by atoms with E-state index in [9.17, 15) is 13.9 Å². The summed E-state index contributed by atoms with van der Waals surface area (Å²) in [7, 11) is 0. The van der Waals surface area contributed by atoms with E-state index in [1.807, 2.05) is 13.0 Å². The van der Waals surface area contributed by atoms with Gasteiger partial charge in [0.25, 0.3) is 6.43 Å². The predicted octanol–water partition coefficient (Wildman–Crippen LogP) is 2.79. The first-order valence-corrected chi connectivity index (χ1v) is 7.48. The molecule has 1 heterocycles. The molecule has 2 N–H and O–H groups in total. The standard InChI is InChI=1S/C14H19F2NOS/c1-3-17-9(2)14(18,13(15)16)11-4-5-12-10(8-11)6-7-19-12/h4-5,8-9,13,17-18H,3,6-7H2,1-2H3. The second kappa shape index (κ2) is 5.77. The third-order valence-corrected chi connectivity index (χ3v) is 4.77. The zero-order chi connectivity index (χ0) is 14.0. The van der Waals surface area contributed by atoms with Crippen LogP contribution in [0, 0.1) is 0 Å². The number of aryl methyl sites for hydroxylation is 1. The van der Waals surface area contributed by atoms with Gasteiger partial charge in [0.15, 0.2) is 5.60 Å². The van der Waals surface area contributed by atoms with Crippen molar-refractivity contribution in [3.63, 3.8) is 0 Å². The first-order valence-electron chi connectivity index (χ1n) is 6.50. The minimum Gasteiger partial charge on any atom is -0.378 e. The van der Waals surface area contributed by atoms with Crippen LogP contribution in [0.15, 0.2) is 23.1 Å². The van der Waals surface area contributed by atoms with Crippen molar-refractivity contribution in [2.45, 2.75) is 43.2 Å². The van der Waals surface area contributed by atoms with Crippen LogP contribution in [0.3, 0.4) is 0 Å². The number of hydrogen-bond donors (Lipinski definition) is 2. The van der Waals surface area contributed by atoms with E-state index in [4.69, 9.17) is 0 Å². The molecule has 1 aromatic carbocycles. The molecule has 5 heteroatoms. The van der Waals surface area contributed by atoms with Gasteiger partial charge in [0.05, 0.1) is 0 Å². The Morgan fingerprint density at radius 1 is 1.47 bits per heavy atom. The van der Waals surface area contributed by atoms with Crippen molar-refractivity contribution in [2.75, 3.05) is 12.3 Å². The Morgan fingerprint density at radius 2 is 2.21 bits per heavy atom. The number of nitrogens with one attached hydrogen (secondary N) is 1. The lowest BCUT2D eigenvalue weighted by Crippen LogP contribution is -2.51. The number of rotatable bonds is 5. The molecule has 0 radical (unpaired) electrons. The quantitative estimate of drug-likeness (QED) is 0.873. The average molecular weight is 287 g/mol. The summed E-state index contributed by atoms with van der Waals surface area (Å²) in [5, 5.41) is 13.4. The van der Waals surface area contributed by atoms with Crippen LogP contribution in [0.1, 0.15) is 25.0 Å². The van der Waals surface area contributed by atoms with E-state index in [-0.39, 0.29) is 0 Å². The molecular weight excluding hydrogens is 268 g/mol. The zero-order valence-corrected chi connectivity index (χ0v) is 11.9. The van der Waals surface area contributed by atoms with Crippen molar-refractivity contribution in [3.8, 4) is 0 Å². The third-order valence-electron chi connectivity index (χ3n) is 3.66. The first kappa shape index (κ1) is 14.8. The monoisotopic (exact) mass is 287 g/mol. The minimum atomic E-state index is -2.83. The van der Waals surface area contributed by atoms with Gasteiger partial charge in [0.2, 0.25) is 0 Å². The van der Waals surface area contributed by atoms with Crippen molar-refractivity contribution < 1.29 is 13.9 Å². The molecule has 106 valence electrons. The van der Waals surface area contributed by atoms with Crippen LogP contribution in [0.25, 0.3) is 0 Å². The molecule has 0 bridgehead atoms. The summed E-state index contributed by atoms with van der Waals surface area (Å²) >= 11 is 1.73. The summed E-state index contributed by atoms with van der Waals surface area (Å²) in [6.45, 7) is 3.97. The maximum Gasteiger partial charge on any atom is 0.272 e. The second-order valence-corrected chi connectivity index (χ2v) is 5.96. The summed E-state index contributed by atoms with van der Waals surface area (Å²) in [4.78, 5) is 1.14. The Hall–Kier alpha value is -0.650. The van der Waals surface area contributed by atoms with Crippen LogP contribution >= 0.6 is 11.8 Å². The molecule has 0 saturated heterocycles. The first-order chi connectivity index (χ1) is 9.00. The molecular formula is C14H19F2NOS. The number of alkyl halides is 2. The van der Waals surface area contributed by atoms with Crippen LogP contribution in [-0.4, -0.2) is 29.9 Å². The normalized spacial score (nSPS) is 19.3. The minimum absolute atomic E-state index is 0.303. The summed E-state index contributed by atoms with van der Waals surface area (Å²) in [5.74, 6) is 0.981. The summed E-state index contributed by atoms with van der Waals surface area (Å²) in [6, 6.07) is 4.49. The Labute approximate surface area is 116 Å². The van der Waals surface area contributed by atoms with Gasteiger partial charge in [-0.1, -0.05) is 19.1 Å². The number of benzene rings is 1. The smallest absolute Gasteiger partial charge is 0.272 e. The van der Waals surface area contributed by atoms with E-state index >= 15 is 0 Å². The Morgan fingerprint density at radius 3 is 2.84 bits per heavy atom. The Kier molecular flexibility index (Phi) is 4.48. The lowest BCUT2D eigenvalue weighted by atomic mass is 9.86. The van der Waals surface area contributed by atoms with Crippen molar-refractivity contribution >= 4 is 11.8 Å². The zero-order valence-electron chi connectivity index (χ0n) is 11.1. The fourth-order valence-corrected chi connectivity index (χ4v) is 3.51. The highest BCUT2D eigenvalue weighted by Gasteiger charge is 2.44. The maximum absolute atomic E-state index is 13.4. The predicted molar refractivity (Wildman–Crippen MR) is 73.9 cm³/mol. The molecule has 2 nitrogen and oxygen atoms in total. The highest BCUT2D eigenvalue weighted by molar-refractivity contribution is 7.99. The molecule has 0 spiro atoms. The van der Waals surface area contributed by atoms with Crippen LogP contribution in [0.5, 0.6) is 0 Å². The number of halogens is 2. The molecule has 1 aliphatic rings. The average Bonchev–Trinajstić information content (AvgIpc) is 2.84. The highest BCUT2D eigenvalue weighted by Crippen LogP contribution is 2.37. The molecule has 0 fully saturated rings. The second-order valence-electron chi connectivity index (χ2n) is 4.83. The van der Waals surface area contributed by atoms with E-state index in [2.05, 4.69) is 5.32 Å². The van der Waals surface area contributed by atoms with Gasteiger partial charge in [-0.15, -0.1) is 11.8 Å². The molecule has 2 unspecified atom stereocenters. The number of aliphatic hydroxyl groups is 1. The van der Waals surface area contributed by atoms with Crippen molar-refractivity contribution in [2.24, 2.45) is 0 Å². The molecule has 2 atom stereocenters. The Bertz CT molecular complexity index is 455. The fourth-order valence-electron chi connectivity index (χ4n) is 2.46. The van der Waals surface area contributed by atoms with E-state index < -0.39 is 18.1 Å². The van der Waals surface area contributed by atoms with Crippen molar-refractivity contribution in [1.82, 2.24) is 5.32 Å². The van der Waals surface area contributed by atoms with Crippen molar-refractivity contribution in [3.05, 3.63) is 29.3 Å². The molecule has 1 aliphatic heterocycles. The maximum atomic E-state index is 13.4. The van der Waals surface area contributed by atoms with Crippen LogP contribution in [0.2, 0.25) is 0 Å². The molecule has 19 heavy (non-hydrogen) atoms. The van der Waals surface area contributed by atoms with Gasteiger partial charge in [-0.2, -0.15) is 0 Å². The topological polar surface area (TPSA) is 32.3 Å². The van der Waals surface area contributed by atoms with Gasteiger partial charge in [-0.25, -0.2) is 8.78 Å². The van der Waals surface area contributed by atoms with Crippen LogP contribution in [0.4, 0.5) is 8.78 Å².